The highest BCUT2D eigenvalue weighted by atomic mass is 35.5. The summed E-state index contributed by atoms with van der Waals surface area (Å²) in [4.78, 5) is 14.6. The van der Waals surface area contributed by atoms with E-state index in [0.717, 1.165) is 26.3 Å². The minimum absolute atomic E-state index is 0. The molecule has 1 heterocycles. The second-order valence-electron chi connectivity index (χ2n) is 7.78. The third kappa shape index (κ3) is 5.14. The van der Waals surface area contributed by atoms with Crippen LogP contribution >= 0.6 is 12.4 Å². The fraction of sp³-hybridized carbons (Fsp3) is 0.571. The molecule has 0 saturated carbocycles. The van der Waals surface area contributed by atoms with Crippen molar-refractivity contribution in [2.45, 2.75) is 56.3 Å². The van der Waals surface area contributed by atoms with Gasteiger partial charge >= 0.3 is 18.0 Å². The first-order chi connectivity index (χ1) is 13.6. The molecule has 0 aromatic heterocycles. The quantitative estimate of drug-likeness (QED) is 0.454. The molecule has 30 heavy (non-hydrogen) atoms. The minimum atomic E-state index is -5.88. The van der Waals surface area contributed by atoms with Crippen molar-refractivity contribution in [2.75, 3.05) is 20.1 Å². The van der Waals surface area contributed by atoms with Gasteiger partial charge in [-0.2, -0.15) is 22.0 Å². The van der Waals surface area contributed by atoms with Gasteiger partial charge in [-0.1, -0.05) is 42.0 Å². The first kappa shape index (κ1) is 24.6. The van der Waals surface area contributed by atoms with Crippen LogP contribution in [0.3, 0.4) is 0 Å². The van der Waals surface area contributed by atoms with E-state index in [4.69, 9.17) is 0 Å². The summed E-state index contributed by atoms with van der Waals surface area (Å²) in [5.74, 6) is -7.53. The molecule has 1 amide bonds. The Kier molecular flexibility index (Phi) is 7.91. The van der Waals surface area contributed by atoms with Gasteiger partial charge in [0.1, 0.15) is 0 Å². The molecule has 0 N–H and O–H groups in total. The molecule has 9 heteroatoms. The topological polar surface area (TPSA) is 23.6 Å². The molecular formula is C21H26ClF5N2O. The van der Waals surface area contributed by atoms with Crippen LogP contribution in [0.4, 0.5) is 22.0 Å². The molecule has 1 aliphatic carbocycles. The summed E-state index contributed by atoms with van der Waals surface area (Å²) in [6.07, 6.45) is -0.0357. The maximum atomic E-state index is 13.4. The lowest BCUT2D eigenvalue weighted by Gasteiger charge is -2.43. The van der Waals surface area contributed by atoms with E-state index in [1.165, 1.54) is 11.1 Å². The zero-order valence-electron chi connectivity index (χ0n) is 16.7. The lowest BCUT2D eigenvalue weighted by atomic mass is 9.86. The first-order valence-electron chi connectivity index (χ1n) is 9.80. The number of carbonyl (C=O) groups excluding carboxylic acids is 1. The van der Waals surface area contributed by atoms with Crippen molar-refractivity contribution >= 4 is 18.3 Å². The number of hydrogen-bond donors (Lipinski definition) is 0. The van der Waals surface area contributed by atoms with Gasteiger partial charge in [0.15, 0.2) is 0 Å². The number of likely N-dealkylation sites (tertiary alicyclic amines) is 1. The lowest BCUT2D eigenvalue weighted by molar-refractivity contribution is -0.274. The average molecular weight is 453 g/mol. The van der Waals surface area contributed by atoms with Gasteiger partial charge in [0.05, 0.1) is 0 Å². The van der Waals surface area contributed by atoms with E-state index in [2.05, 4.69) is 23.1 Å². The van der Waals surface area contributed by atoms with Crippen LogP contribution in [-0.2, 0) is 11.2 Å². The number of allylic oxidation sites excluding steroid dienone is 1. The molecule has 1 fully saturated rings. The largest absolute Gasteiger partial charge is 0.463 e. The second kappa shape index (κ2) is 9.64. The smallest absolute Gasteiger partial charge is 0.337 e. The van der Waals surface area contributed by atoms with Crippen LogP contribution in [0.25, 0.3) is 0 Å². The van der Waals surface area contributed by atoms with Crippen molar-refractivity contribution in [3.63, 3.8) is 0 Å². The number of alkyl halides is 5. The Labute approximate surface area is 179 Å². The zero-order chi connectivity index (χ0) is 21.2. The summed E-state index contributed by atoms with van der Waals surface area (Å²) in [7, 11) is 1.04. The third-order valence-electron chi connectivity index (χ3n) is 5.97. The summed E-state index contributed by atoms with van der Waals surface area (Å²) in [6.45, 7) is 1.10. The van der Waals surface area contributed by atoms with Crippen LogP contribution in [0, 0.1) is 0 Å². The molecule has 0 spiro atoms. The van der Waals surface area contributed by atoms with Gasteiger partial charge in [-0.15, -0.1) is 12.4 Å². The lowest BCUT2D eigenvalue weighted by Crippen LogP contribution is -2.56. The average Bonchev–Trinajstić information content (AvgIpc) is 2.65. The molecule has 1 aromatic carbocycles. The highest BCUT2D eigenvalue weighted by Gasteiger charge is 2.64. The van der Waals surface area contributed by atoms with Gasteiger partial charge < -0.3 is 4.90 Å². The minimum Gasteiger partial charge on any atom is -0.337 e. The monoisotopic (exact) mass is 452 g/mol. The van der Waals surface area contributed by atoms with Crippen molar-refractivity contribution in [3.8, 4) is 0 Å². The standard InChI is InChI=1S/C21H25F5N2O.ClH/c1-27(19(29)20(22,23)21(24,25)26)17-10-12-28(13-11-17)18(16-8-5-9-16)14-15-6-3-2-4-7-15;/h2-4,6-8,17-18H,5,9-14H2,1H3;1H. The van der Waals surface area contributed by atoms with Gasteiger partial charge in [-0.25, -0.2) is 0 Å². The van der Waals surface area contributed by atoms with Crippen molar-refractivity contribution < 1.29 is 26.7 Å². The molecule has 0 radical (unpaired) electrons. The number of benzene rings is 1. The SMILES string of the molecule is CN(C(=O)C(F)(F)C(F)(F)F)C1CCN(C(Cc2ccccc2)C2=CCC2)CC1.Cl. The van der Waals surface area contributed by atoms with E-state index in [-0.39, 0.29) is 18.4 Å². The van der Waals surface area contributed by atoms with Gasteiger partial charge in [0, 0.05) is 32.2 Å². The Balaban J connectivity index is 0.00000320. The van der Waals surface area contributed by atoms with Crippen molar-refractivity contribution in [1.29, 1.82) is 0 Å². The summed E-state index contributed by atoms with van der Waals surface area (Å²) < 4.78 is 64.3. The van der Waals surface area contributed by atoms with E-state index in [9.17, 15) is 26.7 Å². The number of rotatable bonds is 6. The van der Waals surface area contributed by atoms with E-state index >= 15 is 0 Å². The molecule has 1 aliphatic heterocycles. The van der Waals surface area contributed by atoms with E-state index in [0.29, 0.717) is 30.8 Å². The first-order valence-corrected chi connectivity index (χ1v) is 9.80. The molecule has 1 aromatic rings. The summed E-state index contributed by atoms with van der Waals surface area (Å²) in [5.41, 5.74) is 2.55. The van der Waals surface area contributed by atoms with Crippen molar-refractivity contribution in [3.05, 3.63) is 47.5 Å². The highest BCUT2D eigenvalue weighted by molar-refractivity contribution is 5.85. The number of carbonyl (C=O) groups is 1. The Morgan fingerprint density at radius 1 is 1.13 bits per heavy atom. The number of hydrogen-bond acceptors (Lipinski definition) is 2. The Morgan fingerprint density at radius 3 is 2.17 bits per heavy atom. The van der Waals surface area contributed by atoms with Gasteiger partial charge in [-0.05, 0) is 37.7 Å². The Bertz CT molecular complexity index is 746. The van der Waals surface area contributed by atoms with Crippen LogP contribution in [0.15, 0.2) is 42.0 Å². The predicted octanol–water partition coefficient (Wildman–Crippen LogP) is 4.86. The molecular weight excluding hydrogens is 427 g/mol. The highest BCUT2D eigenvalue weighted by Crippen LogP contribution is 2.38. The molecule has 3 rings (SSSR count). The molecule has 0 bridgehead atoms. The summed E-state index contributed by atoms with van der Waals surface area (Å²) in [5, 5.41) is 0. The van der Waals surface area contributed by atoms with Crippen LogP contribution in [0.2, 0.25) is 0 Å². The molecule has 168 valence electrons. The van der Waals surface area contributed by atoms with Gasteiger partial charge in [-0.3, -0.25) is 9.69 Å². The zero-order valence-corrected chi connectivity index (χ0v) is 17.5. The summed E-state index contributed by atoms with van der Waals surface area (Å²) >= 11 is 0. The number of piperidine rings is 1. The van der Waals surface area contributed by atoms with Crippen LogP contribution < -0.4 is 0 Å². The molecule has 1 unspecified atom stereocenters. The van der Waals surface area contributed by atoms with Crippen LogP contribution in [-0.4, -0.2) is 60.0 Å². The maximum Gasteiger partial charge on any atom is 0.463 e. The van der Waals surface area contributed by atoms with Crippen LogP contribution in [0.1, 0.15) is 31.2 Å². The van der Waals surface area contributed by atoms with Gasteiger partial charge in [0.2, 0.25) is 0 Å². The molecule has 3 nitrogen and oxygen atoms in total. The maximum absolute atomic E-state index is 13.4. The molecule has 1 atom stereocenters. The van der Waals surface area contributed by atoms with E-state index < -0.39 is 24.0 Å². The number of amides is 1. The second-order valence-corrected chi connectivity index (χ2v) is 7.78. The fourth-order valence-corrected chi connectivity index (χ4v) is 4.04. The molecule has 1 saturated heterocycles. The number of halogens is 6. The molecule has 2 aliphatic rings. The predicted molar refractivity (Wildman–Crippen MR) is 107 cm³/mol. The van der Waals surface area contributed by atoms with E-state index in [1.807, 2.05) is 18.2 Å². The van der Waals surface area contributed by atoms with Gasteiger partial charge in [0.25, 0.3) is 0 Å². The van der Waals surface area contributed by atoms with E-state index in [1.54, 1.807) is 0 Å². The summed E-state index contributed by atoms with van der Waals surface area (Å²) in [6, 6.07) is 9.61. The van der Waals surface area contributed by atoms with Crippen LogP contribution in [0.5, 0.6) is 0 Å². The Hall–Kier alpha value is -1.67. The third-order valence-corrected chi connectivity index (χ3v) is 5.97. The fourth-order valence-electron chi connectivity index (χ4n) is 4.04. The number of nitrogens with zero attached hydrogens (tertiary/aromatic N) is 2. The van der Waals surface area contributed by atoms with Crippen molar-refractivity contribution in [2.24, 2.45) is 0 Å². The Morgan fingerprint density at radius 2 is 1.70 bits per heavy atom. The normalized spacial score (nSPS) is 19.3. The van der Waals surface area contributed by atoms with Crippen molar-refractivity contribution in [1.82, 2.24) is 9.80 Å².